The fourth-order valence-electron chi connectivity index (χ4n) is 2.19. The first kappa shape index (κ1) is 11.0. The number of aliphatic hydroxyl groups excluding tert-OH is 1. The van der Waals surface area contributed by atoms with Crippen LogP contribution in [0.1, 0.15) is 52.4 Å². The largest absolute Gasteiger partial charge is 0.392 e. The van der Waals surface area contributed by atoms with Gasteiger partial charge in [0.25, 0.3) is 0 Å². The third-order valence-electron chi connectivity index (χ3n) is 3.06. The van der Waals surface area contributed by atoms with E-state index >= 15 is 0 Å². The second-order valence-corrected chi connectivity index (χ2v) is 4.17. The van der Waals surface area contributed by atoms with Crippen LogP contribution in [0.25, 0.3) is 0 Å². The Morgan fingerprint density at radius 1 is 1.38 bits per heavy atom. The summed E-state index contributed by atoms with van der Waals surface area (Å²) in [5.74, 6) is 0. The van der Waals surface area contributed by atoms with Crippen LogP contribution in [-0.4, -0.2) is 23.3 Å². The molecule has 0 radical (unpaired) electrons. The maximum Gasteiger partial charge on any atom is 0.0693 e. The second-order valence-electron chi connectivity index (χ2n) is 4.17. The Balaban J connectivity index is 2.27. The van der Waals surface area contributed by atoms with Crippen LogP contribution in [0.4, 0.5) is 0 Å². The van der Waals surface area contributed by atoms with Crippen LogP contribution in [0.5, 0.6) is 0 Å². The summed E-state index contributed by atoms with van der Waals surface area (Å²) < 4.78 is 0. The minimum atomic E-state index is -0.0918. The summed E-state index contributed by atoms with van der Waals surface area (Å²) >= 11 is 0. The van der Waals surface area contributed by atoms with Crippen LogP contribution in [0, 0.1) is 0 Å². The van der Waals surface area contributed by atoms with Gasteiger partial charge in [0, 0.05) is 12.1 Å². The van der Waals surface area contributed by atoms with Crippen LogP contribution in [0.3, 0.4) is 0 Å². The minimum absolute atomic E-state index is 0.0918. The molecule has 1 fully saturated rings. The SMILES string of the molecule is CCCC(CC)N[C@H]1CCC[C@@H]1O. The molecule has 2 nitrogen and oxygen atoms in total. The lowest BCUT2D eigenvalue weighted by Crippen LogP contribution is -2.42. The molecule has 0 aromatic heterocycles. The van der Waals surface area contributed by atoms with Crippen molar-refractivity contribution in [3.8, 4) is 0 Å². The highest BCUT2D eigenvalue weighted by Crippen LogP contribution is 2.20. The smallest absolute Gasteiger partial charge is 0.0693 e. The molecule has 3 atom stereocenters. The molecule has 78 valence electrons. The summed E-state index contributed by atoms with van der Waals surface area (Å²) in [5.41, 5.74) is 0. The summed E-state index contributed by atoms with van der Waals surface area (Å²) in [5, 5.41) is 13.2. The number of rotatable bonds is 5. The second kappa shape index (κ2) is 5.61. The molecule has 1 aliphatic carbocycles. The van der Waals surface area contributed by atoms with Gasteiger partial charge in [-0.25, -0.2) is 0 Å². The molecular formula is C11H23NO. The zero-order valence-electron chi connectivity index (χ0n) is 8.92. The Hall–Kier alpha value is -0.0800. The van der Waals surface area contributed by atoms with Crippen molar-refractivity contribution < 1.29 is 5.11 Å². The van der Waals surface area contributed by atoms with Crippen molar-refractivity contribution in [3.63, 3.8) is 0 Å². The summed E-state index contributed by atoms with van der Waals surface area (Å²) in [7, 11) is 0. The van der Waals surface area contributed by atoms with Crippen LogP contribution in [0.15, 0.2) is 0 Å². The average molecular weight is 185 g/mol. The van der Waals surface area contributed by atoms with Crippen molar-refractivity contribution in [2.45, 2.75) is 70.6 Å². The van der Waals surface area contributed by atoms with Crippen molar-refractivity contribution in [1.82, 2.24) is 5.32 Å². The van der Waals surface area contributed by atoms with E-state index in [0.29, 0.717) is 12.1 Å². The minimum Gasteiger partial charge on any atom is -0.392 e. The van der Waals surface area contributed by atoms with Crippen molar-refractivity contribution in [1.29, 1.82) is 0 Å². The van der Waals surface area contributed by atoms with Gasteiger partial charge in [0.05, 0.1) is 6.10 Å². The highest BCUT2D eigenvalue weighted by atomic mass is 16.3. The van der Waals surface area contributed by atoms with E-state index in [2.05, 4.69) is 19.2 Å². The molecule has 0 saturated heterocycles. The van der Waals surface area contributed by atoms with Gasteiger partial charge in [0.1, 0.15) is 0 Å². The Kier molecular flexibility index (Phi) is 4.74. The fourth-order valence-corrected chi connectivity index (χ4v) is 2.19. The molecule has 0 spiro atoms. The van der Waals surface area contributed by atoms with Gasteiger partial charge in [-0.05, 0) is 32.1 Å². The van der Waals surface area contributed by atoms with E-state index in [4.69, 9.17) is 0 Å². The molecule has 0 heterocycles. The zero-order chi connectivity index (χ0) is 9.68. The van der Waals surface area contributed by atoms with Gasteiger partial charge in [0.2, 0.25) is 0 Å². The average Bonchev–Trinajstić information content (AvgIpc) is 2.51. The summed E-state index contributed by atoms with van der Waals surface area (Å²) in [6, 6.07) is 0.985. The van der Waals surface area contributed by atoms with Gasteiger partial charge in [-0.15, -0.1) is 0 Å². The predicted molar refractivity (Wildman–Crippen MR) is 55.8 cm³/mol. The highest BCUT2D eigenvalue weighted by molar-refractivity contribution is 4.85. The first-order chi connectivity index (χ1) is 6.27. The molecular weight excluding hydrogens is 162 g/mol. The lowest BCUT2D eigenvalue weighted by Gasteiger charge is -2.23. The van der Waals surface area contributed by atoms with E-state index in [9.17, 15) is 5.11 Å². The van der Waals surface area contributed by atoms with E-state index in [1.165, 1.54) is 25.7 Å². The van der Waals surface area contributed by atoms with E-state index in [0.717, 1.165) is 12.8 Å². The summed E-state index contributed by atoms with van der Waals surface area (Å²) in [6.45, 7) is 4.43. The summed E-state index contributed by atoms with van der Waals surface area (Å²) in [6.07, 6.45) is 6.87. The molecule has 0 amide bonds. The van der Waals surface area contributed by atoms with Gasteiger partial charge in [-0.2, -0.15) is 0 Å². The van der Waals surface area contributed by atoms with Gasteiger partial charge >= 0.3 is 0 Å². The Morgan fingerprint density at radius 2 is 2.15 bits per heavy atom. The molecule has 0 aromatic rings. The van der Waals surface area contributed by atoms with Crippen LogP contribution >= 0.6 is 0 Å². The van der Waals surface area contributed by atoms with Crippen molar-refractivity contribution in [2.75, 3.05) is 0 Å². The standard InChI is InChI=1S/C11H23NO/c1-3-6-9(4-2)12-10-7-5-8-11(10)13/h9-13H,3-8H2,1-2H3/t9?,10-,11-/m0/s1. The van der Waals surface area contributed by atoms with E-state index in [-0.39, 0.29) is 6.10 Å². The fraction of sp³-hybridized carbons (Fsp3) is 1.00. The third kappa shape index (κ3) is 3.28. The molecule has 2 heteroatoms. The molecule has 2 N–H and O–H groups in total. The molecule has 1 unspecified atom stereocenters. The number of hydrogen-bond donors (Lipinski definition) is 2. The highest BCUT2D eigenvalue weighted by Gasteiger charge is 2.26. The van der Waals surface area contributed by atoms with Crippen LogP contribution in [-0.2, 0) is 0 Å². The van der Waals surface area contributed by atoms with Crippen LogP contribution < -0.4 is 5.32 Å². The Bertz CT molecular complexity index is 138. The predicted octanol–water partition coefficient (Wildman–Crippen LogP) is 2.07. The number of nitrogens with one attached hydrogen (secondary N) is 1. The Labute approximate surface area is 81.7 Å². The molecule has 13 heavy (non-hydrogen) atoms. The van der Waals surface area contributed by atoms with E-state index in [1.54, 1.807) is 0 Å². The van der Waals surface area contributed by atoms with Crippen molar-refractivity contribution in [2.24, 2.45) is 0 Å². The molecule has 0 aliphatic heterocycles. The zero-order valence-corrected chi connectivity index (χ0v) is 8.92. The first-order valence-electron chi connectivity index (χ1n) is 5.72. The van der Waals surface area contributed by atoms with Gasteiger partial charge in [-0.1, -0.05) is 20.3 Å². The molecule has 1 rings (SSSR count). The molecule has 1 saturated carbocycles. The maximum absolute atomic E-state index is 9.64. The molecule has 1 aliphatic rings. The first-order valence-corrected chi connectivity index (χ1v) is 5.72. The van der Waals surface area contributed by atoms with Gasteiger partial charge < -0.3 is 10.4 Å². The van der Waals surface area contributed by atoms with E-state index < -0.39 is 0 Å². The normalized spacial score (nSPS) is 30.7. The molecule has 0 aromatic carbocycles. The quantitative estimate of drug-likeness (QED) is 0.687. The maximum atomic E-state index is 9.64. The molecule has 0 bridgehead atoms. The topological polar surface area (TPSA) is 32.3 Å². The monoisotopic (exact) mass is 185 g/mol. The lowest BCUT2D eigenvalue weighted by molar-refractivity contribution is 0.141. The number of aliphatic hydroxyl groups is 1. The van der Waals surface area contributed by atoms with Crippen molar-refractivity contribution >= 4 is 0 Å². The van der Waals surface area contributed by atoms with Crippen LogP contribution in [0.2, 0.25) is 0 Å². The lowest BCUT2D eigenvalue weighted by atomic mass is 10.1. The summed E-state index contributed by atoms with van der Waals surface area (Å²) in [4.78, 5) is 0. The van der Waals surface area contributed by atoms with Gasteiger partial charge in [-0.3, -0.25) is 0 Å². The third-order valence-corrected chi connectivity index (χ3v) is 3.06. The van der Waals surface area contributed by atoms with Crippen molar-refractivity contribution in [3.05, 3.63) is 0 Å². The Morgan fingerprint density at radius 3 is 2.62 bits per heavy atom. The van der Waals surface area contributed by atoms with Gasteiger partial charge in [0.15, 0.2) is 0 Å². The van der Waals surface area contributed by atoms with E-state index in [1.807, 2.05) is 0 Å². The number of hydrogen-bond acceptors (Lipinski definition) is 2.